The van der Waals surface area contributed by atoms with Crippen molar-refractivity contribution in [3.63, 3.8) is 0 Å². The van der Waals surface area contributed by atoms with Gasteiger partial charge in [0.25, 0.3) is 5.91 Å². The largest absolute Gasteiger partial charge is 0.456 e. The molecule has 0 spiro atoms. The second-order valence-electron chi connectivity index (χ2n) is 12.8. The molecule has 3 saturated carbocycles. The molecule has 0 saturated heterocycles. The van der Waals surface area contributed by atoms with Crippen LogP contribution < -0.4 is 5.32 Å². The molecule has 0 aromatic carbocycles. The minimum Gasteiger partial charge on any atom is -0.456 e. The summed E-state index contributed by atoms with van der Waals surface area (Å²) in [4.78, 5) is 27.3. The SMILES string of the molecule is C/C=C(\C)C(=O)NC1=CC[C@]2(C)[C@H]3CC[C@]4(C)[C@@H]([C@H](C)N(C)C)CC[C@H]4[C@@H]3CC[C@H]2[C@H]1OC(C)=O. The van der Waals surface area contributed by atoms with Gasteiger partial charge in [-0.1, -0.05) is 26.0 Å². The first kappa shape index (κ1) is 26.4. The minimum atomic E-state index is -0.362. The van der Waals surface area contributed by atoms with Crippen molar-refractivity contribution in [1.29, 1.82) is 0 Å². The Balaban J connectivity index is 1.61. The number of ether oxygens (including phenoxy) is 1. The Morgan fingerprint density at radius 3 is 2.34 bits per heavy atom. The highest BCUT2D eigenvalue weighted by Crippen LogP contribution is 2.67. The number of nitrogens with zero attached hydrogens (tertiary/aromatic N) is 1. The van der Waals surface area contributed by atoms with Crippen LogP contribution in [-0.4, -0.2) is 43.0 Å². The first-order valence-electron chi connectivity index (χ1n) is 13.9. The van der Waals surface area contributed by atoms with Crippen LogP contribution in [0.4, 0.5) is 0 Å². The predicted molar refractivity (Wildman–Crippen MR) is 140 cm³/mol. The molecule has 5 heteroatoms. The van der Waals surface area contributed by atoms with Crippen molar-refractivity contribution >= 4 is 11.9 Å². The molecule has 5 nitrogen and oxygen atoms in total. The molecule has 1 amide bonds. The molecule has 0 unspecified atom stereocenters. The summed E-state index contributed by atoms with van der Waals surface area (Å²) >= 11 is 0. The molecule has 4 rings (SSSR count). The molecular weight excluding hydrogens is 436 g/mol. The van der Waals surface area contributed by atoms with Crippen LogP contribution in [0.2, 0.25) is 0 Å². The maximum Gasteiger partial charge on any atom is 0.303 e. The minimum absolute atomic E-state index is 0.0967. The number of amides is 1. The van der Waals surface area contributed by atoms with Crippen molar-refractivity contribution in [3.05, 3.63) is 23.4 Å². The van der Waals surface area contributed by atoms with E-state index < -0.39 is 0 Å². The smallest absolute Gasteiger partial charge is 0.303 e. The molecule has 0 aromatic heterocycles. The molecular formula is C30H48N2O3. The van der Waals surface area contributed by atoms with Gasteiger partial charge in [0.1, 0.15) is 6.10 Å². The van der Waals surface area contributed by atoms with Crippen LogP contribution in [0.15, 0.2) is 23.4 Å². The molecule has 0 bridgehead atoms. The molecule has 196 valence electrons. The average Bonchev–Trinajstić information content (AvgIpc) is 3.16. The van der Waals surface area contributed by atoms with Crippen LogP contribution in [-0.2, 0) is 14.3 Å². The Morgan fingerprint density at radius 1 is 1.06 bits per heavy atom. The van der Waals surface area contributed by atoms with Gasteiger partial charge < -0.3 is 15.0 Å². The topological polar surface area (TPSA) is 58.6 Å². The second kappa shape index (κ2) is 9.68. The van der Waals surface area contributed by atoms with Crippen LogP contribution in [0, 0.1) is 40.4 Å². The zero-order chi connectivity index (χ0) is 25.7. The number of esters is 1. The lowest BCUT2D eigenvalue weighted by Gasteiger charge is -2.61. The van der Waals surface area contributed by atoms with Gasteiger partial charge >= 0.3 is 5.97 Å². The zero-order valence-electron chi connectivity index (χ0n) is 23.3. The van der Waals surface area contributed by atoms with E-state index in [0.29, 0.717) is 22.9 Å². The van der Waals surface area contributed by atoms with Gasteiger partial charge in [0, 0.05) is 24.5 Å². The third kappa shape index (κ3) is 4.40. The molecule has 4 aliphatic rings. The van der Waals surface area contributed by atoms with E-state index in [-0.39, 0.29) is 29.3 Å². The molecule has 35 heavy (non-hydrogen) atoms. The van der Waals surface area contributed by atoms with Crippen LogP contribution in [0.25, 0.3) is 0 Å². The first-order chi connectivity index (χ1) is 16.4. The summed E-state index contributed by atoms with van der Waals surface area (Å²) in [6.07, 6.45) is 12.1. The van der Waals surface area contributed by atoms with E-state index in [4.69, 9.17) is 4.74 Å². The highest BCUT2D eigenvalue weighted by Gasteiger charge is 2.62. The monoisotopic (exact) mass is 484 g/mol. The Bertz CT molecular complexity index is 907. The van der Waals surface area contributed by atoms with Crippen molar-refractivity contribution in [2.45, 2.75) is 98.6 Å². The van der Waals surface area contributed by atoms with E-state index in [9.17, 15) is 9.59 Å². The normalized spacial score (nSPS) is 41.9. The quantitative estimate of drug-likeness (QED) is 0.401. The van der Waals surface area contributed by atoms with Crippen molar-refractivity contribution < 1.29 is 14.3 Å². The van der Waals surface area contributed by atoms with Crippen molar-refractivity contribution in [3.8, 4) is 0 Å². The van der Waals surface area contributed by atoms with Gasteiger partial charge in [-0.15, -0.1) is 0 Å². The maximum absolute atomic E-state index is 12.7. The Morgan fingerprint density at radius 2 is 1.71 bits per heavy atom. The summed E-state index contributed by atoms with van der Waals surface area (Å²) in [5.74, 6) is 2.84. The van der Waals surface area contributed by atoms with E-state index in [1.54, 1.807) is 0 Å². The summed E-state index contributed by atoms with van der Waals surface area (Å²) in [6.45, 7) is 12.7. The summed E-state index contributed by atoms with van der Waals surface area (Å²) in [5, 5.41) is 3.09. The lowest BCUT2D eigenvalue weighted by atomic mass is 9.44. The highest BCUT2D eigenvalue weighted by molar-refractivity contribution is 5.94. The second-order valence-corrected chi connectivity index (χ2v) is 12.8. The first-order valence-corrected chi connectivity index (χ1v) is 13.9. The van der Waals surface area contributed by atoms with Crippen molar-refractivity contribution in [2.24, 2.45) is 40.4 Å². The maximum atomic E-state index is 12.7. The van der Waals surface area contributed by atoms with Gasteiger partial charge in [-0.05, 0) is 114 Å². The molecule has 0 heterocycles. The van der Waals surface area contributed by atoms with Gasteiger partial charge in [0.2, 0.25) is 0 Å². The number of allylic oxidation sites excluding steroid dienone is 2. The van der Waals surface area contributed by atoms with E-state index in [1.165, 1.54) is 39.0 Å². The van der Waals surface area contributed by atoms with E-state index in [2.05, 4.69) is 51.2 Å². The average molecular weight is 485 g/mol. The van der Waals surface area contributed by atoms with Crippen LogP contribution in [0.1, 0.15) is 86.5 Å². The number of carbonyl (C=O) groups is 2. The third-order valence-electron chi connectivity index (χ3n) is 11.2. The predicted octanol–water partition coefficient (Wildman–Crippen LogP) is 5.71. The molecule has 0 aromatic rings. The van der Waals surface area contributed by atoms with Gasteiger partial charge in [-0.3, -0.25) is 9.59 Å². The Kier molecular flexibility index (Phi) is 7.32. The number of hydrogen-bond acceptors (Lipinski definition) is 4. The number of nitrogens with one attached hydrogen (secondary N) is 1. The molecule has 1 N–H and O–H groups in total. The van der Waals surface area contributed by atoms with Gasteiger partial charge in [-0.2, -0.15) is 0 Å². The van der Waals surface area contributed by atoms with Crippen LogP contribution >= 0.6 is 0 Å². The Labute approximate surface area is 213 Å². The van der Waals surface area contributed by atoms with E-state index in [1.807, 2.05) is 19.9 Å². The lowest BCUT2D eigenvalue weighted by Crippen LogP contribution is -2.57. The summed E-state index contributed by atoms with van der Waals surface area (Å²) < 4.78 is 5.97. The third-order valence-corrected chi connectivity index (χ3v) is 11.2. The summed E-state index contributed by atoms with van der Waals surface area (Å²) in [7, 11) is 4.47. The number of fused-ring (bicyclic) bond motifs is 5. The number of carbonyl (C=O) groups excluding carboxylic acids is 2. The molecule has 0 radical (unpaired) electrons. The molecule has 9 atom stereocenters. The standard InChI is InChI=1S/C30H48N2O3/c1-9-18(2)28(34)31-26-15-17-30(6)24-14-16-29(5)22(19(3)32(7)8)12-13-23(29)21(24)10-11-25(30)27(26)35-20(4)33/h9,15,19,21-25,27H,10-14,16-17H2,1-8H3,(H,31,34)/b18-9+/t19-,21-,22+,23-,24-,25-,27+,29+,30+/m0/s1. The highest BCUT2D eigenvalue weighted by atomic mass is 16.5. The molecule has 0 aliphatic heterocycles. The summed E-state index contributed by atoms with van der Waals surface area (Å²) in [6, 6.07) is 0.617. The van der Waals surface area contributed by atoms with E-state index in [0.717, 1.165) is 36.3 Å². The van der Waals surface area contributed by atoms with Gasteiger partial charge in [0.15, 0.2) is 0 Å². The fourth-order valence-electron chi connectivity index (χ4n) is 8.95. The van der Waals surface area contributed by atoms with Crippen LogP contribution in [0.3, 0.4) is 0 Å². The van der Waals surface area contributed by atoms with Gasteiger partial charge in [0.05, 0.1) is 5.70 Å². The van der Waals surface area contributed by atoms with Crippen molar-refractivity contribution in [2.75, 3.05) is 14.1 Å². The van der Waals surface area contributed by atoms with E-state index >= 15 is 0 Å². The van der Waals surface area contributed by atoms with Gasteiger partial charge in [-0.25, -0.2) is 0 Å². The zero-order valence-corrected chi connectivity index (χ0v) is 23.3. The van der Waals surface area contributed by atoms with Crippen LogP contribution in [0.5, 0.6) is 0 Å². The molecule has 4 aliphatic carbocycles. The lowest BCUT2D eigenvalue weighted by molar-refractivity contribution is -0.162. The Hall–Kier alpha value is -1.62. The molecule has 3 fully saturated rings. The number of rotatable bonds is 5. The van der Waals surface area contributed by atoms with Crippen molar-refractivity contribution in [1.82, 2.24) is 10.2 Å². The fraction of sp³-hybridized carbons (Fsp3) is 0.800. The summed E-state index contributed by atoms with van der Waals surface area (Å²) in [5.41, 5.74) is 1.99. The number of hydrogen-bond donors (Lipinski definition) is 1. The fourth-order valence-corrected chi connectivity index (χ4v) is 8.95.